The molecule has 3 nitrogen and oxygen atoms in total. The number of benzene rings is 1. The van der Waals surface area contributed by atoms with Crippen molar-refractivity contribution in [1.82, 2.24) is 4.90 Å². The zero-order chi connectivity index (χ0) is 12.1. The van der Waals surface area contributed by atoms with Crippen molar-refractivity contribution >= 4 is 0 Å². The van der Waals surface area contributed by atoms with Crippen LogP contribution in [0.2, 0.25) is 0 Å². The van der Waals surface area contributed by atoms with E-state index in [1.807, 2.05) is 6.07 Å². The number of likely N-dealkylation sites (tertiary alicyclic amines) is 1. The molecule has 94 valence electrons. The van der Waals surface area contributed by atoms with Gasteiger partial charge in [-0.1, -0.05) is 30.3 Å². The molecule has 0 amide bonds. The van der Waals surface area contributed by atoms with Crippen LogP contribution in [-0.4, -0.2) is 36.2 Å². The van der Waals surface area contributed by atoms with Crippen molar-refractivity contribution in [2.45, 2.75) is 18.9 Å². The Balaban J connectivity index is 2.22. The second-order valence-electron chi connectivity index (χ2n) is 4.78. The predicted octanol–water partition coefficient (Wildman–Crippen LogP) is 1.39. The van der Waals surface area contributed by atoms with Crippen LogP contribution in [0.1, 0.15) is 24.4 Å². The first-order chi connectivity index (χ1) is 8.36. The van der Waals surface area contributed by atoms with Crippen LogP contribution in [-0.2, 0) is 0 Å². The van der Waals surface area contributed by atoms with Gasteiger partial charge >= 0.3 is 0 Å². The van der Waals surface area contributed by atoms with Crippen molar-refractivity contribution in [2.24, 2.45) is 11.7 Å². The number of hydrogen-bond acceptors (Lipinski definition) is 3. The molecule has 2 atom stereocenters. The molecule has 3 heteroatoms. The summed E-state index contributed by atoms with van der Waals surface area (Å²) in [5.41, 5.74) is 7.08. The molecule has 0 unspecified atom stereocenters. The molecule has 2 rings (SSSR count). The first-order valence-electron chi connectivity index (χ1n) is 6.46. The maximum atomic E-state index is 9.51. The van der Waals surface area contributed by atoms with Gasteiger partial charge in [0.15, 0.2) is 0 Å². The Kier molecular flexibility index (Phi) is 4.54. The Morgan fingerprint density at radius 3 is 2.35 bits per heavy atom. The van der Waals surface area contributed by atoms with E-state index < -0.39 is 0 Å². The summed E-state index contributed by atoms with van der Waals surface area (Å²) in [4.78, 5) is 2.46. The molecule has 1 aliphatic rings. The molecule has 0 aliphatic carbocycles. The van der Waals surface area contributed by atoms with Crippen molar-refractivity contribution in [3.05, 3.63) is 35.9 Å². The van der Waals surface area contributed by atoms with Crippen LogP contribution < -0.4 is 5.73 Å². The molecular weight excluding hydrogens is 212 g/mol. The van der Waals surface area contributed by atoms with Crippen LogP contribution in [0.3, 0.4) is 0 Å². The molecule has 0 aromatic heterocycles. The normalized spacial score (nSPS) is 20.4. The highest BCUT2D eigenvalue weighted by Gasteiger charge is 2.29. The van der Waals surface area contributed by atoms with Gasteiger partial charge in [-0.2, -0.15) is 0 Å². The number of nitrogens with two attached hydrogens (primary N) is 1. The minimum atomic E-state index is 0.135. The lowest BCUT2D eigenvalue weighted by Gasteiger charge is -2.33. The van der Waals surface area contributed by atoms with Crippen LogP contribution in [0.4, 0.5) is 0 Å². The highest BCUT2D eigenvalue weighted by atomic mass is 16.3. The molecule has 17 heavy (non-hydrogen) atoms. The molecule has 0 radical (unpaired) electrons. The molecule has 3 N–H and O–H groups in total. The Hall–Kier alpha value is -0.900. The van der Waals surface area contributed by atoms with Crippen LogP contribution in [0.25, 0.3) is 0 Å². The topological polar surface area (TPSA) is 49.5 Å². The molecule has 0 saturated carbocycles. The van der Waals surface area contributed by atoms with Gasteiger partial charge in [-0.25, -0.2) is 0 Å². The molecule has 1 aromatic rings. The Morgan fingerprint density at radius 1 is 1.18 bits per heavy atom. The molecule has 1 heterocycles. The molecule has 1 aliphatic heterocycles. The van der Waals surface area contributed by atoms with Crippen molar-refractivity contribution in [3.8, 4) is 0 Å². The van der Waals surface area contributed by atoms with E-state index in [2.05, 4.69) is 29.2 Å². The summed E-state index contributed by atoms with van der Waals surface area (Å²) in [5.74, 6) is 0.135. The fraction of sp³-hybridized carbons (Fsp3) is 0.571. The smallest absolute Gasteiger partial charge is 0.0489 e. The Bertz CT molecular complexity index is 316. The second-order valence-corrected chi connectivity index (χ2v) is 4.78. The quantitative estimate of drug-likeness (QED) is 0.809. The first-order valence-corrected chi connectivity index (χ1v) is 6.46. The van der Waals surface area contributed by atoms with Gasteiger partial charge in [0.1, 0.15) is 0 Å². The monoisotopic (exact) mass is 234 g/mol. The summed E-state index contributed by atoms with van der Waals surface area (Å²) < 4.78 is 0. The van der Waals surface area contributed by atoms with Gasteiger partial charge in [0.25, 0.3) is 0 Å². The van der Waals surface area contributed by atoms with E-state index >= 15 is 0 Å². The van der Waals surface area contributed by atoms with Crippen LogP contribution in [0, 0.1) is 5.92 Å². The third kappa shape index (κ3) is 2.86. The van der Waals surface area contributed by atoms with Gasteiger partial charge in [0, 0.05) is 18.6 Å². The second kappa shape index (κ2) is 6.15. The van der Waals surface area contributed by atoms with Crippen LogP contribution in [0.15, 0.2) is 30.3 Å². The fourth-order valence-corrected chi connectivity index (χ4v) is 2.75. The largest absolute Gasteiger partial charge is 0.396 e. The lowest BCUT2D eigenvalue weighted by atomic mass is 9.92. The lowest BCUT2D eigenvalue weighted by molar-refractivity contribution is 0.119. The number of nitrogens with zero attached hydrogens (tertiary/aromatic N) is 1. The Labute approximate surface area is 103 Å². The maximum absolute atomic E-state index is 9.51. The van der Waals surface area contributed by atoms with Crippen molar-refractivity contribution in [1.29, 1.82) is 0 Å². The average molecular weight is 234 g/mol. The molecule has 0 spiro atoms. The van der Waals surface area contributed by atoms with Crippen LogP contribution >= 0.6 is 0 Å². The van der Waals surface area contributed by atoms with E-state index in [4.69, 9.17) is 5.73 Å². The van der Waals surface area contributed by atoms with Crippen molar-refractivity contribution in [2.75, 3.05) is 26.2 Å². The van der Waals surface area contributed by atoms with E-state index in [-0.39, 0.29) is 18.6 Å². The van der Waals surface area contributed by atoms with Gasteiger partial charge in [0.2, 0.25) is 0 Å². The van der Waals surface area contributed by atoms with Crippen molar-refractivity contribution in [3.63, 3.8) is 0 Å². The van der Waals surface area contributed by atoms with E-state index in [0.717, 1.165) is 13.1 Å². The third-order valence-electron chi connectivity index (χ3n) is 3.66. The van der Waals surface area contributed by atoms with E-state index in [0.29, 0.717) is 6.54 Å². The number of aliphatic hydroxyl groups is 1. The van der Waals surface area contributed by atoms with Crippen molar-refractivity contribution < 1.29 is 5.11 Å². The number of aliphatic hydroxyl groups excluding tert-OH is 1. The van der Waals surface area contributed by atoms with Crippen LogP contribution in [0.5, 0.6) is 0 Å². The van der Waals surface area contributed by atoms with Gasteiger partial charge in [0.05, 0.1) is 0 Å². The fourth-order valence-electron chi connectivity index (χ4n) is 2.75. The van der Waals surface area contributed by atoms with E-state index in [1.165, 1.54) is 18.4 Å². The number of hydrogen-bond donors (Lipinski definition) is 2. The molecular formula is C14H22N2O. The van der Waals surface area contributed by atoms with E-state index in [1.54, 1.807) is 0 Å². The number of rotatable bonds is 5. The van der Waals surface area contributed by atoms with Gasteiger partial charge in [-0.05, 0) is 38.0 Å². The summed E-state index contributed by atoms with van der Waals surface area (Å²) in [6, 6.07) is 10.7. The minimum Gasteiger partial charge on any atom is -0.396 e. The summed E-state index contributed by atoms with van der Waals surface area (Å²) in [6.45, 7) is 2.94. The zero-order valence-electron chi connectivity index (χ0n) is 10.3. The Morgan fingerprint density at radius 2 is 1.82 bits per heavy atom. The first kappa shape index (κ1) is 12.6. The summed E-state index contributed by atoms with van der Waals surface area (Å²) >= 11 is 0. The highest BCUT2D eigenvalue weighted by Crippen LogP contribution is 2.31. The molecule has 1 fully saturated rings. The van der Waals surface area contributed by atoms with Gasteiger partial charge < -0.3 is 10.8 Å². The van der Waals surface area contributed by atoms with E-state index in [9.17, 15) is 5.11 Å². The predicted molar refractivity (Wildman–Crippen MR) is 69.6 cm³/mol. The van der Waals surface area contributed by atoms with Gasteiger partial charge in [-0.3, -0.25) is 4.90 Å². The molecule has 1 saturated heterocycles. The summed E-state index contributed by atoms with van der Waals surface area (Å²) in [7, 11) is 0. The molecule has 1 aromatic carbocycles. The summed E-state index contributed by atoms with van der Waals surface area (Å²) in [5, 5.41) is 9.51. The zero-order valence-corrected chi connectivity index (χ0v) is 10.3. The third-order valence-corrected chi connectivity index (χ3v) is 3.66. The summed E-state index contributed by atoms with van der Waals surface area (Å²) in [6.07, 6.45) is 2.51. The standard InChI is InChI=1S/C14H22N2O/c15-10-13(11-17)14(16-8-4-5-9-16)12-6-2-1-3-7-12/h1-3,6-7,13-14,17H,4-5,8-11,15H2/t13-,14+/m0/s1. The molecule has 0 bridgehead atoms. The highest BCUT2D eigenvalue weighted by molar-refractivity contribution is 5.20. The lowest BCUT2D eigenvalue weighted by Crippen LogP contribution is -2.36. The average Bonchev–Trinajstić information content (AvgIpc) is 2.90. The minimum absolute atomic E-state index is 0.135. The maximum Gasteiger partial charge on any atom is 0.0489 e. The SMILES string of the molecule is NC[C@@H](CO)[C@@H](c1ccccc1)N1CCCC1. The van der Waals surface area contributed by atoms with Gasteiger partial charge in [-0.15, -0.1) is 0 Å².